The Hall–Kier alpha value is -0.520. The fraction of sp³-hybridized carbons (Fsp3) is 0.700. The maximum absolute atomic E-state index is 12.3. The van der Waals surface area contributed by atoms with E-state index in [0.29, 0.717) is 0 Å². The molecule has 0 N–H and O–H groups in total. The Balaban J connectivity index is 2.83. The zero-order valence-corrected chi connectivity index (χ0v) is 10.6. The summed E-state index contributed by atoms with van der Waals surface area (Å²) in [7, 11) is 1.23. The van der Waals surface area contributed by atoms with Gasteiger partial charge >= 0.3 is 12.1 Å². The molecule has 0 radical (unpaired) electrons. The SMILES string of the molecule is COC(=O)C1C(C=C(Br)C(F)(F)F)C1(C)C. The molecule has 0 saturated heterocycles. The van der Waals surface area contributed by atoms with Crippen molar-refractivity contribution in [2.24, 2.45) is 17.3 Å². The molecule has 0 bridgehead atoms. The predicted octanol–water partition coefficient (Wildman–Crippen LogP) is 3.27. The summed E-state index contributed by atoms with van der Waals surface area (Å²) in [6.07, 6.45) is -3.36. The van der Waals surface area contributed by atoms with E-state index >= 15 is 0 Å². The highest BCUT2D eigenvalue weighted by atomic mass is 79.9. The minimum atomic E-state index is -4.40. The lowest BCUT2D eigenvalue weighted by molar-refractivity contribution is -0.143. The second-order valence-electron chi connectivity index (χ2n) is 4.36. The van der Waals surface area contributed by atoms with Gasteiger partial charge in [-0.3, -0.25) is 4.79 Å². The number of carbonyl (C=O) groups is 1. The van der Waals surface area contributed by atoms with E-state index in [2.05, 4.69) is 20.7 Å². The van der Waals surface area contributed by atoms with Gasteiger partial charge < -0.3 is 4.74 Å². The molecule has 1 aliphatic rings. The Kier molecular flexibility index (Phi) is 3.43. The van der Waals surface area contributed by atoms with Gasteiger partial charge in [-0.15, -0.1) is 0 Å². The molecule has 0 spiro atoms. The van der Waals surface area contributed by atoms with Crippen molar-refractivity contribution in [2.45, 2.75) is 20.0 Å². The summed E-state index contributed by atoms with van der Waals surface area (Å²) < 4.78 is 40.5. The summed E-state index contributed by atoms with van der Waals surface area (Å²) in [5.41, 5.74) is -0.475. The van der Waals surface area contributed by atoms with Crippen molar-refractivity contribution >= 4 is 21.9 Å². The van der Waals surface area contributed by atoms with Crippen LogP contribution in [0.1, 0.15) is 13.8 Å². The third-order valence-corrected chi connectivity index (χ3v) is 3.68. The summed E-state index contributed by atoms with van der Waals surface area (Å²) in [6.45, 7) is 3.48. The van der Waals surface area contributed by atoms with Gasteiger partial charge in [0, 0.05) is 0 Å². The number of ether oxygens (including phenoxy) is 1. The largest absolute Gasteiger partial charge is 0.469 e. The lowest BCUT2D eigenvalue weighted by Crippen LogP contribution is -2.08. The van der Waals surface area contributed by atoms with Crippen LogP contribution in [0.25, 0.3) is 0 Å². The lowest BCUT2D eigenvalue weighted by Gasteiger charge is -2.04. The van der Waals surface area contributed by atoms with Crippen molar-refractivity contribution < 1.29 is 22.7 Å². The molecule has 0 aromatic carbocycles. The number of esters is 1. The van der Waals surface area contributed by atoms with Crippen LogP contribution in [0.15, 0.2) is 10.6 Å². The van der Waals surface area contributed by atoms with E-state index < -0.39 is 33.9 Å². The van der Waals surface area contributed by atoms with E-state index in [0.717, 1.165) is 6.08 Å². The summed E-state index contributed by atoms with van der Waals surface area (Å²) in [5.74, 6) is -1.39. The van der Waals surface area contributed by atoms with Crippen molar-refractivity contribution in [1.82, 2.24) is 0 Å². The van der Waals surface area contributed by atoms with Crippen LogP contribution in [0.4, 0.5) is 13.2 Å². The van der Waals surface area contributed by atoms with Crippen LogP contribution in [0.5, 0.6) is 0 Å². The first-order valence-electron chi connectivity index (χ1n) is 4.64. The summed E-state index contributed by atoms with van der Waals surface area (Å²) in [5, 5.41) is 0. The van der Waals surface area contributed by atoms with E-state index in [1.165, 1.54) is 7.11 Å². The third-order valence-electron chi connectivity index (χ3n) is 2.96. The van der Waals surface area contributed by atoms with Crippen molar-refractivity contribution in [1.29, 1.82) is 0 Å². The molecule has 2 unspecified atom stereocenters. The van der Waals surface area contributed by atoms with Crippen molar-refractivity contribution in [3.8, 4) is 0 Å². The monoisotopic (exact) mass is 300 g/mol. The Morgan fingerprint density at radius 1 is 1.44 bits per heavy atom. The second kappa shape index (κ2) is 4.05. The summed E-state index contributed by atoms with van der Waals surface area (Å²) in [6, 6.07) is 0. The summed E-state index contributed by atoms with van der Waals surface area (Å²) in [4.78, 5) is 11.3. The Morgan fingerprint density at radius 2 is 1.94 bits per heavy atom. The van der Waals surface area contributed by atoms with Crippen LogP contribution in [-0.2, 0) is 9.53 Å². The molecule has 0 amide bonds. The number of halogens is 4. The molecule has 0 aliphatic heterocycles. The van der Waals surface area contributed by atoms with Gasteiger partial charge in [0.05, 0.1) is 17.5 Å². The van der Waals surface area contributed by atoms with Crippen LogP contribution in [0.2, 0.25) is 0 Å². The van der Waals surface area contributed by atoms with E-state index in [1.54, 1.807) is 13.8 Å². The van der Waals surface area contributed by atoms with Gasteiger partial charge in [0.15, 0.2) is 0 Å². The third kappa shape index (κ3) is 2.42. The molecule has 0 aromatic rings. The second-order valence-corrected chi connectivity index (χ2v) is 5.21. The maximum Gasteiger partial charge on any atom is 0.422 e. The number of rotatable bonds is 2. The quantitative estimate of drug-likeness (QED) is 0.732. The van der Waals surface area contributed by atoms with E-state index in [4.69, 9.17) is 0 Å². The van der Waals surface area contributed by atoms with Crippen LogP contribution in [0, 0.1) is 17.3 Å². The topological polar surface area (TPSA) is 26.3 Å². The average molecular weight is 301 g/mol. The van der Waals surface area contributed by atoms with Crippen LogP contribution in [0.3, 0.4) is 0 Å². The number of hydrogen-bond donors (Lipinski definition) is 0. The smallest absolute Gasteiger partial charge is 0.422 e. The van der Waals surface area contributed by atoms with Crippen molar-refractivity contribution in [3.63, 3.8) is 0 Å². The first-order valence-corrected chi connectivity index (χ1v) is 5.44. The Bertz CT molecular complexity index is 333. The van der Waals surface area contributed by atoms with Crippen LogP contribution in [-0.4, -0.2) is 19.3 Å². The predicted molar refractivity (Wildman–Crippen MR) is 55.8 cm³/mol. The number of allylic oxidation sites excluding steroid dienone is 2. The average Bonchev–Trinajstić information content (AvgIpc) is 2.65. The minimum absolute atomic E-state index is 0.434. The van der Waals surface area contributed by atoms with Gasteiger partial charge in [-0.05, 0) is 27.3 Å². The molecule has 1 rings (SSSR count). The molecular formula is C10H12BrF3O2. The van der Waals surface area contributed by atoms with Crippen LogP contribution >= 0.6 is 15.9 Å². The molecule has 16 heavy (non-hydrogen) atoms. The van der Waals surface area contributed by atoms with E-state index in [-0.39, 0.29) is 0 Å². The lowest BCUT2D eigenvalue weighted by atomic mass is 10.1. The highest BCUT2D eigenvalue weighted by Crippen LogP contribution is 2.60. The number of carbonyl (C=O) groups excluding carboxylic acids is 1. The molecule has 2 nitrogen and oxygen atoms in total. The first-order chi connectivity index (χ1) is 7.12. The number of methoxy groups -OCH3 is 1. The Morgan fingerprint density at radius 3 is 2.31 bits per heavy atom. The minimum Gasteiger partial charge on any atom is -0.469 e. The van der Waals surface area contributed by atoms with Gasteiger partial charge in [-0.1, -0.05) is 19.9 Å². The van der Waals surface area contributed by atoms with E-state index in [1.807, 2.05) is 0 Å². The molecular weight excluding hydrogens is 289 g/mol. The normalized spacial score (nSPS) is 28.8. The number of alkyl halides is 3. The molecule has 1 saturated carbocycles. The Labute approximate surface area is 100.0 Å². The van der Waals surface area contributed by atoms with Crippen molar-refractivity contribution in [2.75, 3.05) is 7.11 Å². The molecule has 0 aromatic heterocycles. The van der Waals surface area contributed by atoms with Crippen LogP contribution < -0.4 is 0 Å². The fourth-order valence-corrected chi connectivity index (χ4v) is 2.10. The fourth-order valence-electron chi connectivity index (χ4n) is 1.82. The standard InChI is InChI=1S/C10H12BrF3O2/c1-9(2)5(7(9)8(15)16-3)4-6(11)10(12,13)14/h4-5,7H,1-3H3. The molecule has 6 heteroatoms. The molecule has 1 aliphatic carbocycles. The summed E-state index contributed by atoms with van der Waals surface area (Å²) >= 11 is 2.47. The zero-order chi connectivity index (χ0) is 12.7. The first kappa shape index (κ1) is 13.5. The van der Waals surface area contributed by atoms with Crippen molar-refractivity contribution in [3.05, 3.63) is 10.6 Å². The van der Waals surface area contributed by atoms with Gasteiger partial charge in [0.25, 0.3) is 0 Å². The maximum atomic E-state index is 12.3. The number of hydrogen-bond acceptors (Lipinski definition) is 2. The van der Waals surface area contributed by atoms with Gasteiger partial charge in [-0.2, -0.15) is 13.2 Å². The highest BCUT2D eigenvalue weighted by Gasteiger charge is 2.62. The van der Waals surface area contributed by atoms with Gasteiger partial charge in [0.1, 0.15) is 0 Å². The van der Waals surface area contributed by atoms with Gasteiger partial charge in [-0.25, -0.2) is 0 Å². The molecule has 1 fully saturated rings. The van der Waals surface area contributed by atoms with Gasteiger partial charge in [0.2, 0.25) is 0 Å². The van der Waals surface area contributed by atoms with E-state index in [9.17, 15) is 18.0 Å². The highest BCUT2D eigenvalue weighted by molar-refractivity contribution is 9.11. The zero-order valence-electron chi connectivity index (χ0n) is 9.06. The molecule has 2 atom stereocenters. The molecule has 0 heterocycles. The molecule has 92 valence electrons.